The fourth-order valence-corrected chi connectivity index (χ4v) is 3.68. The molecule has 0 radical (unpaired) electrons. The van der Waals surface area contributed by atoms with Crippen LogP contribution in [0.5, 0.6) is 0 Å². The number of nitrogens with zero attached hydrogens (tertiary/aromatic N) is 3. The molecule has 2 amide bonds. The summed E-state index contributed by atoms with van der Waals surface area (Å²) < 4.78 is 0.306. The molecule has 2 aromatic rings. The summed E-state index contributed by atoms with van der Waals surface area (Å²) in [6.45, 7) is -0.0273. The third-order valence-corrected chi connectivity index (χ3v) is 5.40. The molecule has 0 aromatic heterocycles. The summed E-state index contributed by atoms with van der Waals surface area (Å²) in [5, 5.41) is 21.2. The number of nitro groups is 2. The van der Waals surface area contributed by atoms with Crippen molar-refractivity contribution >= 4 is 56.3 Å². The largest absolute Gasteiger partial charge is 0.293 e. The third kappa shape index (κ3) is 4.10. The molecule has 0 saturated carbocycles. The van der Waals surface area contributed by atoms with Crippen LogP contribution in [-0.4, -0.2) is 25.9 Å². The zero-order chi connectivity index (χ0) is 20.4. The zero-order valence-corrected chi connectivity index (χ0v) is 16.3. The van der Waals surface area contributed by atoms with E-state index in [0.717, 1.165) is 16.7 Å². The van der Waals surface area contributed by atoms with Crippen LogP contribution in [0, 0.1) is 20.2 Å². The molecule has 1 aliphatic rings. The molecule has 0 aliphatic carbocycles. The van der Waals surface area contributed by atoms with Gasteiger partial charge in [-0.2, -0.15) is 0 Å². The van der Waals surface area contributed by atoms with Gasteiger partial charge in [0.25, 0.3) is 22.5 Å². The molecule has 0 N–H and O–H groups in total. The van der Waals surface area contributed by atoms with E-state index >= 15 is 0 Å². The first-order chi connectivity index (χ1) is 13.3. The van der Waals surface area contributed by atoms with Gasteiger partial charge in [0.15, 0.2) is 0 Å². The molecule has 0 atom stereocenters. The molecule has 142 valence electrons. The summed E-state index contributed by atoms with van der Waals surface area (Å²) in [6, 6.07) is 9.92. The number of thioether (sulfide) groups is 1. The van der Waals surface area contributed by atoms with Crippen molar-refractivity contribution in [3.8, 4) is 0 Å². The van der Waals surface area contributed by atoms with E-state index < -0.39 is 21.0 Å². The summed E-state index contributed by atoms with van der Waals surface area (Å²) in [7, 11) is 0. The van der Waals surface area contributed by atoms with Gasteiger partial charge in [-0.3, -0.25) is 34.7 Å². The van der Waals surface area contributed by atoms with E-state index in [1.165, 1.54) is 42.5 Å². The van der Waals surface area contributed by atoms with Gasteiger partial charge in [-0.15, -0.1) is 0 Å². The Bertz CT molecular complexity index is 1040. The first-order valence-electron chi connectivity index (χ1n) is 7.69. The van der Waals surface area contributed by atoms with Crippen LogP contribution in [0.1, 0.15) is 11.1 Å². The lowest BCUT2D eigenvalue weighted by Gasteiger charge is -2.12. The molecule has 0 spiro atoms. The zero-order valence-electron chi connectivity index (χ0n) is 13.9. The van der Waals surface area contributed by atoms with Crippen molar-refractivity contribution < 1.29 is 19.4 Å². The van der Waals surface area contributed by atoms with Crippen LogP contribution in [0.25, 0.3) is 6.08 Å². The monoisotopic (exact) mass is 463 g/mol. The fourth-order valence-electron chi connectivity index (χ4n) is 2.45. The van der Waals surface area contributed by atoms with Gasteiger partial charge in [-0.1, -0.05) is 18.2 Å². The first-order valence-corrected chi connectivity index (χ1v) is 9.30. The molecule has 1 heterocycles. The maximum atomic E-state index is 12.6. The Morgan fingerprint density at radius 1 is 1.04 bits per heavy atom. The second-order valence-corrected chi connectivity index (χ2v) is 7.51. The van der Waals surface area contributed by atoms with Crippen molar-refractivity contribution in [3.63, 3.8) is 0 Å². The molecule has 11 heteroatoms. The van der Waals surface area contributed by atoms with Gasteiger partial charge in [0, 0.05) is 18.2 Å². The molecule has 2 aromatic carbocycles. The molecule has 3 rings (SSSR count). The normalized spacial score (nSPS) is 15.3. The number of imide groups is 1. The molecule has 28 heavy (non-hydrogen) atoms. The van der Waals surface area contributed by atoms with Crippen molar-refractivity contribution in [1.82, 2.24) is 4.90 Å². The van der Waals surface area contributed by atoms with Crippen molar-refractivity contribution in [2.75, 3.05) is 0 Å². The molecule has 1 fully saturated rings. The molecular formula is C17H10BrN3O6S. The van der Waals surface area contributed by atoms with E-state index in [9.17, 15) is 29.8 Å². The summed E-state index contributed by atoms with van der Waals surface area (Å²) in [4.78, 5) is 46.5. The van der Waals surface area contributed by atoms with Gasteiger partial charge < -0.3 is 0 Å². The number of carbonyl (C=O) groups is 2. The average molecular weight is 464 g/mol. The van der Waals surface area contributed by atoms with Crippen LogP contribution in [-0.2, 0) is 11.3 Å². The van der Waals surface area contributed by atoms with Crippen LogP contribution < -0.4 is 0 Å². The summed E-state index contributed by atoms with van der Waals surface area (Å²) in [5.41, 5.74) is 0.734. The van der Waals surface area contributed by atoms with Gasteiger partial charge in [0.1, 0.15) is 0 Å². The Morgan fingerprint density at radius 2 is 1.71 bits per heavy atom. The number of non-ortho nitro benzene ring substituents is 1. The smallest absolute Gasteiger partial charge is 0.268 e. The Balaban J connectivity index is 1.81. The quantitative estimate of drug-likeness (QED) is 0.363. The van der Waals surface area contributed by atoms with Gasteiger partial charge in [0.2, 0.25) is 0 Å². The molecule has 0 bridgehead atoms. The minimum atomic E-state index is -0.554. The summed E-state index contributed by atoms with van der Waals surface area (Å²) in [6.07, 6.45) is 1.42. The van der Waals surface area contributed by atoms with Crippen LogP contribution in [0.3, 0.4) is 0 Å². The van der Waals surface area contributed by atoms with Crippen molar-refractivity contribution in [1.29, 1.82) is 0 Å². The van der Waals surface area contributed by atoms with Gasteiger partial charge in [-0.25, -0.2) is 0 Å². The number of amides is 2. The number of rotatable bonds is 5. The van der Waals surface area contributed by atoms with Crippen LogP contribution >= 0.6 is 27.7 Å². The molecule has 1 saturated heterocycles. The number of nitro benzene ring substituents is 2. The van der Waals surface area contributed by atoms with Crippen molar-refractivity contribution in [2.24, 2.45) is 0 Å². The lowest BCUT2D eigenvalue weighted by Crippen LogP contribution is -2.27. The van der Waals surface area contributed by atoms with Gasteiger partial charge >= 0.3 is 0 Å². The highest BCUT2D eigenvalue weighted by molar-refractivity contribution is 9.10. The van der Waals surface area contributed by atoms with E-state index in [1.807, 2.05) is 0 Å². The number of benzene rings is 2. The number of carbonyl (C=O) groups excluding carboxylic acids is 2. The number of hydrogen-bond acceptors (Lipinski definition) is 7. The van der Waals surface area contributed by atoms with E-state index in [-0.39, 0.29) is 22.8 Å². The predicted molar refractivity (Wildman–Crippen MR) is 105 cm³/mol. The summed E-state index contributed by atoms with van der Waals surface area (Å²) >= 11 is 3.82. The maximum Gasteiger partial charge on any atom is 0.293 e. The van der Waals surface area contributed by atoms with Crippen molar-refractivity contribution in [3.05, 3.63) is 83.2 Å². The minimum Gasteiger partial charge on any atom is -0.268 e. The van der Waals surface area contributed by atoms with E-state index in [1.54, 1.807) is 6.07 Å². The average Bonchev–Trinajstić information content (AvgIpc) is 2.91. The minimum absolute atomic E-state index is 0.0273. The highest BCUT2D eigenvalue weighted by atomic mass is 79.9. The first kappa shape index (κ1) is 19.7. The Hall–Kier alpha value is -3.05. The Morgan fingerprint density at radius 3 is 2.32 bits per heavy atom. The Kier molecular flexibility index (Phi) is 5.56. The fraction of sp³-hybridized carbons (Fsp3) is 0.0588. The lowest BCUT2D eigenvalue weighted by molar-refractivity contribution is -0.385. The van der Waals surface area contributed by atoms with Crippen LogP contribution in [0.4, 0.5) is 16.2 Å². The summed E-state index contributed by atoms with van der Waals surface area (Å²) in [5.74, 6) is -0.529. The highest BCUT2D eigenvalue weighted by Gasteiger charge is 2.35. The van der Waals surface area contributed by atoms with Crippen LogP contribution in [0.2, 0.25) is 0 Å². The lowest BCUT2D eigenvalue weighted by atomic mass is 10.1. The predicted octanol–water partition coefficient (Wildman–Crippen LogP) is 4.50. The number of halogens is 1. The SMILES string of the molecule is O=C1S/C(=C\c2ccc(Br)c([N+](=O)[O-])c2)C(=O)N1Cc1ccc([N+](=O)[O-])cc1. The van der Waals surface area contributed by atoms with E-state index in [0.29, 0.717) is 15.6 Å². The second-order valence-electron chi connectivity index (χ2n) is 5.66. The maximum absolute atomic E-state index is 12.6. The topological polar surface area (TPSA) is 124 Å². The Labute approximate surface area is 170 Å². The molecule has 1 aliphatic heterocycles. The highest BCUT2D eigenvalue weighted by Crippen LogP contribution is 2.34. The molecule has 0 unspecified atom stereocenters. The third-order valence-electron chi connectivity index (χ3n) is 3.83. The molecule has 9 nitrogen and oxygen atoms in total. The number of hydrogen-bond donors (Lipinski definition) is 0. The van der Waals surface area contributed by atoms with Gasteiger partial charge in [-0.05, 0) is 51.0 Å². The van der Waals surface area contributed by atoms with Crippen LogP contribution in [0.15, 0.2) is 51.8 Å². The molecular weight excluding hydrogens is 454 g/mol. The van der Waals surface area contributed by atoms with Gasteiger partial charge in [0.05, 0.1) is 25.8 Å². The standard InChI is InChI=1S/C17H10BrN3O6S/c18-13-6-3-11(7-14(13)21(26)27)8-15-16(22)19(17(23)28-15)9-10-1-4-12(5-2-10)20(24)25/h1-8H,9H2/b15-8-. The second kappa shape index (κ2) is 7.90. The van der Waals surface area contributed by atoms with E-state index in [2.05, 4.69) is 15.9 Å². The van der Waals surface area contributed by atoms with Crippen molar-refractivity contribution in [2.45, 2.75) is 6.54 Å². The van der Waals surface area contributed by atoms with E-state index in [4.69, 9.17) is 0 Å².